The van der Waals surface area contributed by atoms with Crippen molar-refractivity contribution in [2.75, 3.05) is 0 Å². The van der Waals surface area contributed by atoms with Gasteiger partial charge in [0.05, 0.1) is 0 Å². The maximum Gasteiger partial charge on any atom is 0.381 e. The molecule has 41 heavy (non-hydrogen) atoms. The predicted octanol–water partition coefficient (Wildman–Crippen LogP) is 9.86. The van der Waals surface area contributed by atoms with Gasteiger partial charge < -0.3 is 9.97 Å². The summed E-state index contributed by atoms with van der Waals surface area (Å²) in [6.45, 7) is 13.3. The summed E-state index contributed by atoms with van der Waals surface area (Å²) in [5.41, 5.74) is 5.41. The Kier molecular flexibility index (Phi) is 9.94. The molecule has 0 N–H and O–H groups in total. The minimum Gasteiger partial charge on any atom is -0.305 e. The Morgan fingerprint density at radius 3 is 1.63 bits per heavy atom. The second kappa shape index (κ2) is 12.7. The number of halogens is 3. The van der Waals surface area contributed by atoms with E-state index < -0.39 is 11.7 Å². The summed E-state index contributed by atoms with van der Waals surface area (Å²) in [5.74, 6) is 0. The molecule has 2 aromatic heterocycles. The van der Waals surface area contributed by atoms with Crippen LogP contribution < -0.4 is 0 Å². The summed E-state index contributed by atoms with van der Waals surface area (Å²) in [6, 6.07) is 29.6. The molecule has 0 amide bonds. The van der Waals surface area contributed by atoms with Crippen molar-refractivity contribution in [1.29, 1.82) is 0 Å². The van der Waals surface area contributed by atoms with E-state index in [0.717, 1.165) is 34.2 Å². The van der Waals surface area contributed by atoms with Crippen LogP contribution >= 0.6 is 0 Å². The van der Waals surface area contributed by atoms with Crippen LogP contribution in [0.3, 0.4) is 0 Å². The fraction of sp³-hybridized carbons (Fsp3) is 0.257. The van der Waals surface area contributed by atoms with Crippen molar-refractivity contribution in [1.82, 2.24) is 9.97 Å². The number of fused-ring (bicyclic) bond motifs is 1. The zero-order valence-electron chi connectivity index (χ0n) is 24.0. The van der Waals surface area contributed by atoms with Gasteiger partial charge in [-0.3, -0.25) is 0 Å². The molecule has 5 rings (SSSR count). The molecule has 2 nitrogen and oxygen atoms in total. The number of alkyl halides is 3. The van der Waals surface area contributed by atoms with Crippen LogP contribution in [-0.4, -0.2) is 9.97 Å². The van der Waals surface area contributed by atoms with E-state index in [4.69, 9.17) is 0 Å². The smallest absolute Gasteiger partial charge is 0.305 e. The van der Waals surface area contributed by atoms with E-state index in [1.165, 1.54) is 17.2 Å². The first-order valence-electron chi connectivity index (χ1n) is 13.1. The Hall–Kier alpha value is -3.34. The van der Waals surface area contributed by atoms with Gasteiger partial charge in [-0.05, 0) is 50.2 Å². The molecular weight excluding hydrogens is 698 g/mol. The minimum absolute atomic E-state index is 0. The van der Waals surface area contributed by atoms with Crippen molar-refractivity contribution in [3.05, 3.63) is 120 Å². The average Bonchev–Trinajstić information content (AvgIpc) is 2.92. The third-order valence-electron chi connectivity index (χ3n) is 6.63. The third kappa shape index (κ3) is 8.34. The Morgan fingerprint density at radius 1 is 0.585 bits per heavy atom. The first kappa shape index (κ1) is 32.2. The van der Waals surface area contributed by atoms with E-state index in [-0.39, 0.29) is 30.9 Å². The van der Waals surface area contributed by atoms with Gasteiger partial charge in [-0.25, -0.2) is 0 Å². The van der Waals surface area contributed by atoms with Crippen molar-refractivity contribution >= 4 is 10.8 Å². The fourth-order valence-electron chi connectivity index (χ4n) is 4.09. The summed E-state index contributed by atoms with van der Waals surface area (Å²) >= 11 is 0. The predicted molar refractivity (Wildman–Crippen MR) is 157 cm³/mol. The van der Waals surface area contributed by atoms with Gasteiger partial charge in [0.2, 0.25) is 0 Å². The van der Waals surface area contributed by atoms with E-state index >= 15 is 0 Å². The van der Waals surface area contributed by atoms with Crippen LogP contribution in [0.1, 0.15) is 58.2 Å². The first-order chi connectivity index (χ1) is 18.7. The van der Waals surface area contributed by atoms with Gasteiger partial charge in [-0.15, -0.1) is 65.2 Å². The number of benzene rings is 3. The maximum atomic E-state index is 12.5. The number of hydrogen-bond acceptors (Lipinski definition) is 2. The van der Waals surface area contributed by atoms with Crippen LogP contribution in [0, 0.1) is 12.1 Å². The topological polar surface area (TPSA) is 25.8 Å². The Balaban J connectivity index is 0.000000220. The van der Waals surface area contributed by atoms with E-state index in [0.29, 0.717) is 11.3 Å². The van der Waals surface area contributed by atoms with Gasteiger partial charge in [0, 0.05) is 32.5 Å². The molecule has 0 spiro atoms. The van der Waals surface area contributed by atoms with Crippen LogP contribution in [0.5, 0.6) is 0 Å². The second-order valence-corrected chi connectivity index (χ2v) is 11.8. The van der Waals surface area contributed by atoms with E-state index in [1.807, 2.05) is 36.5 Å². The molecule has 0 unspecified atom stereocenters. The molecule has 215 valence electrons. The fourth-order valence-corrected chi connectivity index (χ4v) is 4.09. The first-order valence-corrected chi connectivity index (χ1v) is 13.1. The molecule has 3 aromatic carbocycles. The molecule has 0 atom stereocenters. The largest absolute Gasteiger partial charge is 0.381 e. The quantitative estimate of drug-likeness (QED) is 0.169. The average molecular weight is 731 g/mol. The third-order valence-corrected chi connectivity index (χ3v) is 6.63. The number of pyridine rings is 2. The van der Waals surface area contributed by atoms with Gasteiger partial charge in [0.15, 0.2) is 0 Å². The van der Waals surface area contributed by atoms with E-state index in [9.17, 15) is 13.2 Å². The van der Waals surface area contributed by atoms with Crippen molar-refractivity contribution in [2.24, 2.45) is 0 Å². The number of nitrogens with zero attached hydrogens (tertiary/aromatic N) is 2. The molecule has 5 aromatic rings. The molecule has 0 aliphatic carbocycles. The summed E-state index contributed by atoms with van der Waals surface area (Å²) in [7, 11) is 0. The standard InChI is InChI=1S/C19H24N.C16H9F3N.Ir/c1-18(2,3)15-9-7-14(8-10-15)17-13-16(11-12-20-17)19(4,5)6;17-16(18,19)14-7-5-11(6-8-14)15-9-12-3-1-2-4-13(12)10-20-15;/h7,9-13H,1-6H3;1-5,7-10H;/q2*-1;. The van der Waals surface area contributed by atoms with Gasteiger partial charge in [0.25, 0.3) is 0 Å². The molecule has 0 aliphatic heterocycles. The van der Waals surface area contributed by atoms with Crippen molar-refractivity contribution in [3.8, 4) is 22.5 Å². The summed E-state index contributed by atoms with van der Waals surface area (Å²) in [4.78, 5) is 8.74. The molecule has 6 heteroatoms. The van der Waals surface area contributed by atoms with Crippen LogP contribution in [0.15, 0.2) is 91.3 Å². The summed E-state index contributed by atoms with van der Waals surface area (Å²) in [6.07, 6.45) is -0.747. The molecule has 2 heterocycles. The van der Waals surface area contributed by atoms with Gasteiger partial charge in [-0.1, -0.05) is 77.9 Å². The van der Waals surface area contributed by atoms with Gasteiger partial charge in [0.1, 0.15) is 0 Å². The molecule has 1 radical (unpaired) electrons. The Labute approximate surface area is 254 Å². The molecular formula is C35H33F3IrN2-2. The number of rotatable bonds is 2. The minimum atomic E-state index is -4.34. The Morgan fingerprint density at radius 2 is 1.12 bits per heavy atom. The van der Waals surface area contributed by atoms with Crippen molar-refractivity contribution < 1.29 is 33.3 Å². The van der Waals surface area contributed by atoms with Crippen LogP contribution in [0.2, 0.25) is 0 Å². The SMILES string of the molecule is CC(C)(C)c1c[c-]c(-c2cc(C(C)(C)C)ccn2)cc1.FC(F)(F)c1c[c-]c(-c2cc3ccccc3cn2)cc1.[Ir]. The van der Waals surface area contributed by atoms with Gasteiger partial charge in [-0.2, -0.15) is 13.2 Å². The zero-order chi connectivity index (χ0) is 29.1. The van der Waals surface area contributed by atoms with Crippen LogP contribution in [0.4, 0.5) is 13.2 Å². The van der Waals surface area contributed by atoms with E-state index in [1.54, 1.807) is 6.20 Å². The van der Waals surface area contributed by atoms with E-state index in [2.05, 4.69) is 94.0 Å². The maximum absolute atomic E-state index is 12.5. The van der Waals surface area contributed by atoms with Crippen molar-refractivity contribution in [3.63, 3.8) is 0 Å². The van der Waals surface area contributed by atoms with Gasteiger partial charge >= 0.3 is 6.18 Å². The molecule has 0 bridgehead atoms. The Bertz CT molecular complexity index is 1580. The zero-order valence-corrected chi connectivity index (χ0v) is 26.4. The number of aromatic nitrogens is 2. The number of hydrogen-bond donors (Lipinski definition) is 0. The summed E-state index contributed by atoms with van der Waals surface area (Å²) in [5, 5.41) is 1.98. The summed E-state index contributed by atoms with van der Waals surface area (Å²) < 4.78 is 37.5. The monoisotopic (exact) mass is 731 g/mol. The second-order valence-electron chi connectivity index (χ2n) is 11.8. The molecule has 0 saturated heterocycles. The normalized spacial score (nSPS) is 11.8. The molecule has 0 saturated carbocycles. The molecule has 0 aliphatic rings. The van der Waals surface area contributed by atoms with Crippen LogP contribution in [-0.2, 0) is 37.1 Å². The van der Waals surface area contributed by atoms with Crippen molar-refractivity contribution in [2.45, 2.75) is 58.5 Å². The van der Waals surface area contributed by atoms with Crippen LogP contribution in [0.25, 0.3) is 33.3 Å². The molecule has 0 fully saturated rings.